The maximum absolute atomic E-state index is 12.2. The fourth-order valence-corrected chi connectivity index (χ4v) is 3.05. The molecule has 116 valence electrons. The van der Waals surface area contributed by atoms with Gasteiger partial charge in [-0.15, -0.1) is 0 Å². The number of ether oxygens (including phenoxy) is 2. The Morgan fingerprint density at radius 1 is 1.52 bits per heavy atom. The number of benzene rings is 1. The fraction of sp³-hybridized carbons (Fsp3) is 0.133. The molecule has 0 aliphatic carbocycles. The number of hydrogen-bond acceptors (Lipinski definition) is 6. The normalized spacial score (nSPS) is 16.3. The van der Waals surface area contributed by atoms with Crippen LogP contribution in [0.4, 0.5) is 0 Å². The molecule has 0 spiro atoms. The average molecular weight is 375 g/mol. The molecular weight excluding hydrogens is 364 g/mol. The first-order valence-electron chi connectivity index (χ1n) is 6.55. The first-order valence-corrected chi connectivity index (χ1v) is 7.34. The van der Waals surface area contributed by atoms with E-state index in [9.17, 15) is 10.1 Å². The lowest BCUT2D eigenvalue weighted by Gasteiger charge is -2.24. The van der Waals surface area contributed by atoms with Crippen molar-refractivity contribution in [1.29, 1.82) is 5.26 Å². The number of nitrogens with zero attached hydrogens (tertiary/aromatic N) is 2. The van der Waals surface area contributed by atoms with Crippen LogP contribution in [-0.4, -0.2) is 17.1 Å². The summed E-state index contributed by atoms with van der Waals surface area (Å²) in [4.78, 5) is 18.7. The molecular formula is C15H11BrN4O3. The van der Waals surface area contributed by atoms with Crippen LogP contribution in [0.5, 0.6) is 11.6 Å². The van der Waals surface area contributed by atoms with Crippen molar-refractivity contribution in [3.05, 3.63) is 61.9 Å². The number of methoxy groups -OCH3 is 1. The lowest BCUT2D eigenvalue weighted by molar-refractivity contribution is 0.375. The number of halogens is 1. The van der Waals surface area contributed by atoms with Gasteiger partial charge in [0.15, 0.2) is 0 Å². The summed E-state index contributed by atoms with van der Waals surface area (Å²) in [5.41, 5.74) is 6.54. The number of nitriles is 1. The molecule has 1 aliphatic rings. The van der Waals surface area contributed by atoms with Crippen LogP contribution in [0, 0.1) is 11.3 Å². The quantitative estimate of drug-likeness (QED) is 0.827. The molecule has 0 saturated heterocycles. The van der Waals surface area contributed by atoms with Crippen molar-refractivity contribution in [2.75, 3.05) is 7.11 Å². The number of H-pyrrole nitrogens is 1. The van der Waals surface area contributed by atoms with E-state index in [0.717, 1.165) is 0 Å². The molecule has 23 heavy (non-hydrogen) atoms. The number of aromatic amines is 1. The van der Waals surface area contributed by atoms with Gasteiger partial charge in [0.1, 0.15) is 17.4 Å². The zero-order chi connectivity index (χ0) is 16.6. The predicted octanol–water partition coefficient (Wildman–Crippen LogP) is 1.76. The minimum Gasteiger partial charge on any atom is -0.496 e. The highest BCUT2D eigenvalue weighted by molar-refractivity contribution is 9.10. The smallest absolute Gasteiger partial charge is 0.258 e. The number of nitrogens with one attached hydrogen (secondary N) is 1. The summed E-state index contributed by atoms with van der Waals surface area (Å²) in [6.45, 7) is 0. The Hall–Kier alpha value is -2.79. The molecule has 8 heteroatoms. The summed E-state index contributed by atoms with van der Waals surface area (Å²) < 4.78 is 11.2. The summed E-state index contributed by atoms with van der Waals surface area (Å²) in [6.07, 6.45) is 1.23. The molecule has 2 aromatic rings. The van der Waals surface area contributed by atoms with E-state index in [1.165, 1.54) is 6.33 Å². The van der Waals surface area contributed by atoms with Gasteiger partial charge >= 0.3 is 0 Å². The van der Waals surface area contributed by atoms with E-state index in [2.05, 4.69) is 25.9 Å². The van der Waals surface area contributed by atoms with Crippen LogP contribution in [0.3, 0.4) is 0 Å². The third-order valence-electron chi connectivity index (χ3n) is 3.53. The van der Waals surface area contributed by atoms with Crippen LogP contribution >= 0.6 is 15.9 Å². The summed E-state index contributed by atoms with van der Waals surface area (Å²) in [5, 5.41) is 9.44. The van der Waals surface area contributed by atoms with E-state index < -0.39 is 5.92 Å². The largest absolute Gasteiger partial charge is 0.496 e. The van der Waals surface area contributed by atoms with Gasteiger partial charge in [-0.3, -0.25) is 4.79 Å². The predicted molar refractivity (Wildman–Crippen MR) is 84.8 cm³/mol. The highest BCUT2D eigenvalue weighted by atomic mass is 79.9. The summed E-state index contributed by atoms with van der Waals surface area (Å²) in [7, 11) is 1.55. The Kier molecular flexibility index (Phi) is 3.80. The van der Waals surface area contributed by atoms with E-state index in [1.54, 1.807) is 25.3 Å². The second-order valence-corrected chi connectivity index (χ2v) is 5.62. The van der Waals surface area contributed by atoms with Crippen LogP contribution in [0.15, 0.2) is 45.2 Å². The van der Waals surface area contributed by atoms with E-state index >= 15 is 0 Å². The first kappa shape index (κ1) is 15.1. The van der Waals surface area contributed by atoms with Crippen molar-refractivity contribution in [1.82, 2.24) is 9.97 Å². The lowest BCUT2D eigenvalue weighted by Crippen LogP contribution is -2.28. The maximum atomic E-state index is 12.2. The van der Waals surface area contributed by atoms with E-state index in [4.69, 9.17) is 15.2 Å². The second kappa shape index (κ2) is 5.78. The van der Waals surface area contributed by atoms with Gasteiger partial charge in [-0.2, -0.15) is 5.26 Å². The van der Waals surface area contributed by atoms with Crippen LogP contribution in [0.25, 0.3) is 0 Å². The lowest BCUT2D eigenvalue weighted by atomic mass is 9.85. The van der Waals surface area contributed by atoms with E-state index in [-0.39, 0.29) is 28.5 Å². The Morgan fingerprint density at radius 3 is 2.96 bits per heavy atom. The highest BCUT2D eigenvalue weighted by Gasteiger charge is 2.34. The zero-order valence-corrected chi connectivity index (χ0v) is 13.5. The van der Waals surface area contributed by atoms with Gasteiger partial charge in [0.2, 0.25) is 11.8 Å². The van der Waals surface area contributed by atoms with Gasteiger partial charge < -0.3 is 20.2 Å². The summed E-state index contributed by atoms with van der Waals surface area (Å²) in [6, 6.07) is 7.30. The molecule has 0 amide bonds. The molecule has 0 bridgehead atoms. The van der Waals surface area contributed by atoms with Crippen molar-refractivity contribution < 1.29 is 9.47 Å². The number of allylic oxidation sites excluding steroid dienone is 1. The third kappa shape index (κ3) is 2.45. The molecule has 2 heterocycles. The van der Waals surface area contributed by atoms with Crippen molar-refractivity contribution in [2.24, 2.45) is 5.73 Å². The van der Waals surface area contributed by atoms with E-state index in [1.807, 2.05) is 6.07 Å². The Labute approximate surface area is 139 Å². The van der Waals surface area contributed by atoms with Crippen molar-refractivity contribution >= 4 is 15.9 Å². The molecule has 7 nitrogen and oxygen atoms in total. The van der Waals surface area contributed by atoms with Gasteiger partial charge in [0, 0.05) is 0 Å². The van der Waals surface area contributed by atoms with Crippen molar-refractivity contribution in [2.45, 2.75) is 5.92 Å². The molecule has 3 N–H and O–H groups in total. The standard InChI is InChI=1S/C15H11BrN4O3/c1-22-10-3-2-7(4-9(10)16)11-8(5-17)13(18)23-15-12(11)14(21)19-6-20-15/h2-4,6,11H,18H2,1H3,(H,19,20,21)/t11-/m0/s1. The Balaban J connectivity index is 2.26. The SMILES string of the molecule is COc1ccc([C@H]2C(C#N)=C(N)Oc3nc[nH]c(=O)c32)cc1Br. The zero-order valence-electron chi connectivity index (χ0n) is 12.0. The van der Waals surface area contributed by atoms with Crippen LogP contribution in [0.1, 0.15) is 17.0 Å². The van der Waals surface area contributed by atoms with Crippen molar-refractivity contribution in [3.8, 4) is 17.7 Å². The van der Waals surface area contributed by atoms with E-state index in [0.29, 0.717) is 15.8 Å². The topological polar surface area (TPSA) is 114 Å². The molecule has 0 unspecified atom stereocenters. The summed E-state index contributed by atoms with van der Waals surface area (Å²) in [5.74, 6) is 0.0113. The highest BCUT2D eigenvalue weighted by Crippen LogP contribution is 2.40. The molecule has 1 atom stereocenters. The van der Waals surface area contributed by atoms with Crippen molar-refractivity contribution in [3.63, 3.8) is 0 Å². The number of rotatable bonds is 2. The number of fused-ring (bicyclic) bond motifs is 1. The van der Waals surface area contributed by atoms with Gasteiger partial charge in [-0.1, -0.05) is 6.07 Å². The van der Waals surface area contributed by atoms with Crippen LogP contribution < -0.4 is 20.8 Å². The number of hydrogen-bond donors (Lipinski definition) is 2. The first-order chi connectivity index (χ1) is 11.1. The average Bonchev–Trinajstić information content (AvgIpc) is 2.53. The van der Waals surface area contributed by atoms with Gasteiger partial charge in [-0.05, 0) is 33.6 Å². The minimum atomic E-state index is -0.664. The fourth-order valence-electron chi connectivity index (χ4n) is 2.49. The number of aromatic nitrogens is 2. The summed E-state index contributed by atoms with van der Waals surface area (Å²) >= 11 is 3.40. The maximum Gasteiger partial charge on any atom is 0.258 e. The molecule has 0 fully saturated rings. The Morgan fingerprint density at radius 2 is 2.30 bits per heavy atom. The third-order valence-corrected chi connectivity index (χ3v) is 4.15. The second-order valence-electron chi connectivity index (χ2n) is 4.77. The van der Waals surface area contributed by atoms with Crippen LogP contribution in [-0.2, 0) is 0 Å². The van der Waals surface area contributed by atoms with Gasteiger partial charge in [0.05, 0.1) is 29.4 Å². The Bertz CT molecular complexity index is 914. The number of nitrogens with two attached hydrogens (primary N) is 1. The minimum absolute atomic E-state index is 0.0601. The van der Waals surface area contributed by atoms with Crippen LogP contribution in [0.2, 0.25) is 0 Å². The molecule has 1 aromatic heterocycles. The van der Waals surface area contributed by atoms with Gasteiger partial charge in [0.25, 0.3) is 5.56 Å². The monoisotopic (exact) mass is 374 g/mol. The molecule has 0 radical (unpaired) electrons. The molecule has 1 aromatic carbocycles. The molecule has 0 saturated carbocycles. The molecule has 3 rings (SSSR count). The molecule has 1 aliphatic heterocycles. The van der Waals surface area contributed by atoms with Gasteiger partial charge in [-0.25, -0.2) is 4.98 Å².